The van der Waals surface area contributed by atoms with Gasteiger partial charge in [0, 0.05) is 12.0 Å². The van der Waals surface area contributed by atoms with Crippen molar-refractivity contribution in [3.63, 3.8) is 0 Å². The summed E-state index contributed by atoms with van der Waals surface area (Å²) < 4.78 is 10.4. The lowest BCUT2D eigenvalue weighted by atomic mass is 9.96. The van der Waals surface area contributed by atoms with Crippen LogP contribution in [-0.4, -0.2) is 31.6 Å². The van der Waals surface area contributed by atoms with Crippen LogP contribution in [0.1, 0.15) is 35.7 Å². The topological polar surface area (TPSA) is 64.6 Å². The van der Waals surface area contributed by atoms with Crippen molar-refractivity contribution in [1.82, 2.24) is 5.32 Å². The number of amides is 1. The molecule has 0 unspecified atom stereocenters. The van der Waals surface area contributed by atoms with E-state index in [4.69, 9.17) is 9.47 Å². The average Bonchev–Trinajstić information content (AvgIpc) is 3.47. The van der Waals surface area contributed by atoms with Gasteiger partial charge in [-0.25, -0.2) is 4.79 Å². The number of nitrogens with one attached hydrogen (secondary N) is 1. The van der Waals surface area contributed by atoms with Crippen LogP contribution >= 0.6 is 0 Å². The molecule has 2 aromatic carbocycles. The third kappa shape index (κ3) is 4.42. The minimum absolute atomic E-state index is 0.0377. The van der Waals surface area contributed by atoms with Crippen LogP contribution in [-0.2, 0) is 14.9 Å². The van der Waals surface area contributed by atoms with Crippen LogP contribution in [0.15, 0.2) is 54.6 Å². The van der Waals surface area contributed by atoms with Gasteiger partial charge in [-0.05, 0) is 49.6 Å². The van der Waals surface area contributed by atoms with Crippen LogP contribution in [0.2, 0.25) is 0 Å². The third-order valence-electron chi connectivity index (χ3n) is 4.60. The molecule has 0 spiro atoms. The number of ether oxygens (including phenoxy) is 2. The smallest absolute Gasteiger partial charge is 0.338 e. The summed E-state index contributed by atoms with van der Waals surface area (Å²) in [5, 5.41) is 2.88. The normalized spacial score (nSPS) is 14.3. The number of benzene rings is 2. The summed E-state index contributed by atoms with van der Waals surface area (Å²) in [7, 11) is 0. The van der Waals surface area contributed by atoms with E-state index in [9.17, 15) is 9.59 Å². The number of hydrogen-bond donors (Lipinski definition) is 1. The van der Waals surface area contributed by atoms with Crippen LogP contribution in [0.25, 0.3) is 0 Å². The van der Waals surface area contributed by atoms with E-state index < -0.39 is 5.97 Å². The minimum atomic E-state index is -0.521. The number of esters is 1. The fourth-order valence-electron chi connectivity index (χ4n) is 2.90. The molecule has 0 saturated heterocycles. The molecule has 0 atom stereocenters. The van der Waals surface area contributed by atoms with Gasteiger partial charge in [-0.1, -0.05) is 30.3 Å². The van der Waals surface area contributed by atoms with Crippen molar-refractivity contribution in [3.05, 3.63) is 65.7 Å². The highest BCUT2D eigenvalue weighted by Crippen LogP contribution is 2.47. The van der Waals surface area contributed by atoms with Gasteiger partial charge in [-0.3, -0.25) is 4.79 Å². The number of hydrogen-bond acceptors (Lipinski definition) is 4. The Morgan fingerprint density at radius 3 is 2.35 bits per heavy atom. The summed E-state index contributed by atoms with van der Waals surface area (Å²) >= 11 is 0. The summed E-state index contributed by atoms with van der Waals surface area (Å²) in [6.45, 7) is 2.74. The van der Waals surface area contributed by atoms with E-state index in [2.05, 4.69) is 17.4 Å². The molecule has 3 rings (SSSR count). The second-order valence-electron chi connectivity index (χ2n) is 6.46. The lowest BCUT2D eigenvalue weighted by molar-refractivity contribution is -0.124. The Labute approximate surface area is 153 Å². The van der Waals surface area contributed by atoms with Crippen LogP contribution in [0.3, 0.4) is 0 Å². The molecule has 1 N–H and O–H groups in total. The quantitative estimate of drug-likeness (QED) is 0.741. The predicted molar refractivity (Wildman–Crippen MR) is 98.3 cm³/mol. The zero-order valence-electron chi connectivity index (χ0n) is 14.9. The second-order valence-corrected chi connectivity index (χ2v) is 6.46. The standard InChI is InChI=1S/C21H23NO4/c1-2-25-18-10-8-16(9-11-18)20(24)26-14-19(23)22-15-21(12-13-21)17-6-4-3-5-7-17/h3-11H,2,12-15H2,1H3,(H,22,23). The molecule has 5 nitrogen and oxygen atoms in total. The van der Waals surface area contributed by atoms with Gasteiger partial charge >= 0.3 is 5.97 Å². The van der Waals surface area contributed by atoms with Gasteiger partial charge in [-0.2, -0.15) is 0 Å². The molecule has 136 valence electrons. The van der Waals surface area contributed by atoms with E-state index >= 15 is 0 Å². The molecule has 1 amide bonds. The molecule has 1 aliphatic carbocycles. The molecule has 0 radical (unpaired) electrons. The molecule has 1 saturated carbocycles. The molecule has 0 aromatic heterocycles. The summed E-state index contributed by atoms with van der Waals surface area (Å²) in [5.41, 5.74) is 1.67. The minimum Gasteiger partial charge on any atom is -0.494 e. The van der Waals surface area contributed by atoms with Crippen molar-refractivity contribution in [2.24, 2.45) is 0 Å². The van der Waals surface area contributed by atoms with Crippen molar-refractivity contribution >= 4 is 11.9 Å². The van der Waals surface area contributed by atoms with Crippen molar-refractivity contribution in [2.75, 3.05) is 19.8 Å². The molecular weight excluding hydrogens is 330 g/mol. The fourth-order valence-corrected chi connectivity index (χ4v) is 2.90. The fraction of sp³-hybridized carbons (Fsp3) is 0.333. The van der Waals surface area contributed by atoms with E-state index in [1.54, 1.807) is 24.3 Å². The third-order valence-corrected chi connectivity index (χ3v) is 4.60. The Morgan fingerprint density at radius 2 is 1.73 bits per heavy atom. The highest BCUT2D eigenvalue weighted by Gasteiger charge is 2.44. The summed E-state index contributed by atoms with van der Waals surface area (Å²) in [6.07, 6.45) is 2.12. The van der Waals surface area contributed by atoms with Crippen LogP contribution in [0, 0.1) is 0 Å². The van der Waals surface area contributed by atoms with Crippen LogP contribution in [0.4, 0.5) is 0 Å². The van der Waals surface area contributed by atoms with Gasteiger partial charge in [0.2, 0.25) is 0 Å². The molecule has 1 aliphatic rings. The van der Waals surface area contributed by atoms with Gasteiger partial charge in [-0.15, -0.1) is 0 Å². The van der Waals surface area contributed by atoms with Gasteiger partial charge < -0.3 is 14.8 Å². The maximum Gasteiger partial charge on any atom is 0.338 e. The molecule has 26 heavy (non-hydrogen) atoms. The summed E-state index contributed by atoms with van der Waals surface area (Å²) in [6, 6.07) is 16.8. The first-order valence-electron chi connectivity index (χ1n) is 8.85. The highest BCUT2D eigenvalue weighted by molar-refractivity contribution is 5.91. The van der Waals surface area contributed by atoms with E-state index in [0.717, 1.165) is 12.8 Å². The van der Waals surface area contributed by atoms with Crippen molar-refractivity contribution < 1.29 is 19.1 Å². The molecule has 1 fully saturated rings. The van der Waals surface area contributed by atoms with Crippen LogP contribution in [0.5, 0.6) is 5.75 Å². The van der Waals surface area contributed by atoms with Crippen molar-refractivity contribution in [1.29, 1.82) is 0 Å². The number of rotatable bonds is 8. The second kappa shape index (κ2) is 8.04. The van der Waals surface area contributed by atoms with Gasteiger partial charge in [0.05, 0.1) is 12.2 Å². The van der Waals surface area contributed by atoms with E-state index in [1.165, 1.54) is 5.56 Å². The first kappa shape index (κ1) is 18.0. The lowest BCUT2D eigenvalue weighted by Gasteiger charge is -2.16. The summed E-state index contributed by atoms with van der Waals surface area (Å²) in [5.74, 6) is -0.115. The van der Waals surface area contributed by atoms with Gasteiger partial charge in [0.15, 0.2) is 6.61 Å². The first-order valence-corrected chi connectivity index (χ1v) is 8.85. The Balaban J connectivity index is 1.45. The van der Waals surface area contributed by atoms with Crippen LogP contribution < -0.4 is 10.1 Å². The molecule has 0 heterocycles. The Kier molecular flexibility index (Phi) is 5.56. The van der Waals surface area contributed by atoms with E-state index in [1.807, 2.05) is 25.1 Å². The van der Waals surface area contributed by atoms with E-state index in [-0.39, 0.29) is 17.9 Å². The van der Waals surface area contributed by atoms with E-state index in [0.29, 0.717) is 24.5 Å². The zero-order chi connectivity index (χ0) is 18.4. The van der Waals surface area contributed by atoms with Crippen molar-refractivity contribution in [2.45, 2.75) is 25.2 Å². The molecular formula is C21H23NO4. The summed E-state index contributed by atoms with van der Waals surface area (Å²) in [4.78, 5) is 24.0. The molecule has 5 heteroatoms. The largest absolute Gasteiger partial charge is 0.494 e. The lowest BCUT2D eigenvalue weighted by Crippen LogP contribution is -2.35. The number of carbonyl (C=O) groups excluding carboxylic acids is 2. The van der Waals surface area contributed by atoms with Gasteiger partial charge in [0.25, 0.3) is 5.91 Å². The van der Waals surface area contributed by atoms with Crippen molar-refractivity contribution in [3.8, 4) is 5.75 Å². The predicted octanol–water partition coefficient (Wildman–Crippen LogP) is 3.09. The monoisotopic (exact) mass is 353 g/mol. The maximum absolute atomic E-state index is 12.0. The first-order chi connectivity index (χ1) is 12.6. The Hall–Kier alpha value is -2.82. The average molecular weight is 353 g/mol. The Bertz CT molecular complexity index is 751. The zero-order valence-corrected chi connectivity index (χ0v) is 14.9. The molecule has 2 aromatic rings. The molecule has 0 aliphatic heterocycles. The highest BCUT2D eigenvalue weighted by atomic mass is 16.5. The number of carbonyl (C=O) groups is 2. The van der Waals surface area contributed by atoms with Gasteiger partial charge in [0.1, 0.15) is 5.75 Å². The SMILES string of the molecule is CCOc1ccc(C(=O)OCC(=O)NCC2(c3ccccc3)CC2)cc1. The molecule has 0 bridgehead atoms. The Morgan fingerprint density at radius 1 is 1.04 bits per heavy atom. The maximum atomic E-state index is 12.0.